The zero-order valence-corrected chi connectivity index (χ0v) is 13.8. The van der Waals surface area contributed by atoms with Crippen LogP contribution in [-0.4, -0.2) is 15.9 Å². The van der Waals surface area contributed by atoms with Crippen molar-refractivity contribution in [2.24, 2.45) is 0 Å². The van der Waals surface area contributed by atoms with Crippen molar-refractivity contribution in [2.75, 3.05) is 0 Å². The molecule has 0 aliphatic heterocycles. The predicted octanol–water partition coefficient (Wildman–Crippen LogP) is 4.47. The summed E-state index contributed by atoms with van der Waals surface area (Å²) in [6.07, 6.45) is 6.47. The molecular weight excluding hydrogens is 310 g/mol. The fourth-order valence-corrected chi connectivity index (χ4v) is 2.59. The summed E-state index contributed by atoms with van der Waals surface area (Å²) in [7, 11) is 0. The molecule has 0 unspecified atom stereocenters. The quantitative estimate of drug-likeness (QED) is 0.536. The third kappa shape index (κ3) is 4.64. The molecule has 0 amide bonds. The van der Waals surface area contributed by atoms with Gasteiger partial charge >= 0.3 is 0 Å². The Balaban J connectivity index is 1.72. The number of aromatic nitrogens is 1. The van der Waals surface area contributed by atoms with E-state index in [0.717, 1.165) is 18.4 Å². The number of hydrogen-bond donors (Lipinski definition) is 1. The Morgan fingerprint density at radius 2 is 1.68 bits per heavy atom. The molecule has 0 saturated carbocycles. The van der Waals surface area contributed by atoms with Gasteiger partial charge in [0.1, 0.15) is 5.75 Å². The van der Waals surface area contributed by atoms with Gasteiger partial charge in [0.05, 0.1) is 11.3 Å². The summed E-state index contributed by atoms with van der Waals surface area (Å²) in [5.41, 5.74) is 3.29. The Hall–Kier alpha value is -3.20. The van der Waals surface area contributed by atoms with Crippen LogP contribution in [-0.2, 0) is 12.8 Å². The zero-order valence-electron chi connectivity index (χ0n) is 13.8. The molecule has 0 aliphatic rings. The maximum atomic E-state index is 12.4. The van der Waals surface area contributed by atoms with Crippen LogP contribution in [0.5, 0.6) is 5.75 Å². The fraction of sp³-hybridized carbons (Fsp3) is 0.0909. The molecule has 0 radical (unpaired) electrons. The van der Waals surface area contributed by atoms with Crippen LogP contribution in [0.25, 0.3) is 6.08 Å². The van der Waals surface area contributed by atoms with Gasteiger partial charge in [-0.3, -0.25) is 9.78 Å². The van der Waals surface area contributed by atoms with Crippen LogP contribution in [0.3, 0.4) is 0 Å². The Labute approximate surface area is 147 Å². The van der Waals surface area contributed by atoms with E-state index < -0.39 is 0 Å². The number of phenolic OH excluding ortho intramolecular Hbond substituents is 1. The zero-order chi connectivity index (χ0) is 17.5. The molecule has 0 saturated heterocycles. The number of ketones is 1. The molecule has 2 aromatic carbocycles. The molecule has 1 N–H and O–H groups in total. The third-order valence-electron chi connectivity index (χ3n) is 3.96. The van der Waals surface area contributed by atoms with Crippen LogP contribution < -0.4 is 0 Å². The van der Waals surface area contributed by atoms with E-state index in [4.69, 9.17) is 0 Å². The molecule has 3 rings (SSSR count). The van der Waals surface area contributed by atoms with Crippen LogP contribution in [0.1, 0.15) is 27.2 Å². The Kier molecular flexibility index (Phi) is 5.37. The number of phenols is 1. The first-order valence-corrected chi connectivity index (χ1v) is 8.21. The summed E-state index contributed by atoms with van der Waals surface area (Å²) in [6, 6.07) is 20.9. The van der Waals surface area contributed by atoms with E-state index in [2.05, 4.69) is 17.1 Å². The second-order valence-electron chi connectivity index (χ2n) is 5.79. The minimum absolute atomic E-state index is 0.000804. The monoisotopic (exact) mass is 329 g/mol. The number of pyridine rings is 1. The molecule has 3 heteroatoms. The Bertz CT molecular complexity index is 871. The van der Waals surface area contributed by atoms with E-state index in [0.29, 0.717) is 11.3 Å². The molecule has 1 heterocycles. The van der Waals surface area contributed by atoms with Crippen molar-refractivity contribution >= 4 is 11.9 Å². The van der Waals surface area contributed by atoms with E-state index in [9.17, 15) is 9.90 Å². The lowest BCUT2D eigenvalue weighted by Crippen LogP contribution is -1.98. The van der Waals surface area contributed by atoms with Crippen molar-refractivity contribution in [3.8, 4) is 5.75 Å². The van der Waals surface area contributed by atoms with Gasteiger partial charge in [-0.2, -0.15) is 0 Å². The summed E-state index contributed by atoms with van der Waals surface area (Å²) >= 11 is 0. The summed E-state index contributed by atoms with van der Waals surface area (Å²) in [4.78, 5) is 16.5. The number of aromatic hydroxyl groups is 1. The largest absolute Gasteiger partial charge is 0.507 e. The first-order valence-electron chi connectivity index (χ1n) is 8.21. The summed E-state index contributed by atoms with van der Waals surface area (Å²) in [5.74, 6) is -0.233. The number of rotatable bonds is 6. The molecule has 124 valence electrons. The highest BCUT2D eigenvalue weighted by Gasteiger charge is 2.09. The van der Waals surface area contributed by atoms with Crippen molar-refractivity contribution in [3.63, 3.8) is 0 Å². The van der Waals surface area contributed by atoms with Crippen molar-refractivity contribution < 1.29 is 9.90 Å². The van der Waals surface area contributed by atoms with E-state index in [1.54, 1.807) is 24.4 Å². The average Bonchev–Trinajstić information content (AvgIpc) is 2.67. The van der Waals surface area contributed by atoms with Crippen LogP contribution >= 0.6 is 0 Å². The predicted molar refractivity (Wildman–Crippen MR) is 99.6 cm³/mol. The normalized spacial score (nSPS) is 10.9. The van der Waals surface area contributed by atoms with Crippen molar-refractivity contribution in [3.05, 3.63) is 101 Å². The Morgan fingerprint density at radius 3 is 2.44 bits per heavy atom. The van der Waals surface area contributed by atoms with E-state index in [1.807, 2.05) is 42.5 Å². The second-order valence-corrected chi connectivity index (χ2v) is 5.79. The summed E-state index contributed by atoms with van der Waals surface area (Å²) in [6.45, 7) is 0. The molecular formula is C22H19NO2. The molecule has 0 aliphatic carbocycles. The van der Waals surface area contributed by atoms with Gasteiger partial charge in [0.25, 0.3) is 0 Å². The summed E-state index contributed by atoms with van der Waals surface area (Å²) < 4.78 is 0. The molecule has 0 fully saturated rings. The van der Waals surface area contributed by atoms with Gasteiger partial charge in [-0.25, -0.2) is 0 Å². The van der Waals surface area contributed by atoms with Gasteiger partial charge in [0, 0.05) is 6.20 Å². The van der Waals surface area contributed by atoms with Crippen molar-refractivity contribution in [2.45, 2.75) is 12.8 Å². The Morgan fingerprint density at radius 1 is 0.920 bits per heavy atom. The minimum Gasteiger partial charge on any atom is -0.507 e. The van der Waals surface area contributed by atoms with Crippen LogP contribution in [0.15, 0.2) is 79.0 Å². The molecule has 3 aromatic rings. The topological polar surface area (TPSA) is 50.2 Å². The third-order valence-corrected chi connectivity index (χ3v) is 3.96. The van der Waals surface area contributed by atoms with Crippen molar-refractivity contribution in [1.29, 1.82) is 0 Å². The first kappa shape index (κ1) is 16.7. The molecule has 1 aromatic heterocycles. The number of carbonyl (C=O) groups is 1. The number of carbonyl (C=O) groups excluding carboxylic acids is 1. The van der Waals surface area contributed by atoms with Gasteiger partial charge in [-0.1, -0.05) is 42.5 Å². The number of aryl methyl sites for hydroxylation is 2. The van der Waals surface area contributed by atoms with Gasteiger partial charge in [-0.15, -0.1) is 0 Å². The lowest BCUT2D eigenvalue weighted by molar-refractivity contribution is 0.104. The van der Waals surface area contributed by atoms with Crippen molar-refractivity contribution in [1.82, 2.24) is 4.98 Å². The summed E-state index contributed by atoms with van der Waals surface area (Å²) in [5, 5.41) is 10.0. The number of nitrogens with zero attached hydrogens (tertiary/aromatic N) is 1. The average molecular weight is 329 g/mol. The van der Waals surface area contributed by atoms with E-state index in [-0.39, 0.29) is 11.5 Å². The highest BCUT2D eigenvalue weighted by atomic mass is 16.3. The smallest absolute Gasteiger partial charge is 0.189 e. The highest BCUT2D eigenvalue weighted by molar-refractivity contribution is 6.08. The molecule has 0 spiro atoms. The van der Waals surface area contributed by atoms with E-state index in [1.165, 1.54) is 11.6 Å². The SMILES string of the molecule is O=C(C=Cc1ccccn1)c1cc(CCc2ccccc2)ccc1O. The first-order chi connectivity index (χ1) is 12.2. The van der Waals surface area contributed by atoms with Gasteiger partial charge in [0.15, 0.2) is 5.78 Å². The lowest BCUT2D eigenvalue weighted by atomic mass is 10.00. The lowest BCUT2D eigenvalue weighted by Gasteiger charge is -2.06. The van der Waals surface area contributed by atoms with Crippen LogP contribution in [0, 0.1) is 0 Å². The highest BCUT2D eigenvalue weighted by Crippen LogP contribution is 2.21. The van der Waals surface area contributed by atoms with Crippen LogP contribution in [0.4, 0.5) is 0 Å². The molecule has 0 atom stereocenters. The van der Waals surface area contributed by atoms with Gasteiger partial charge in [0.2, 0.25) is 0 Å². The molecule has 3 nitrogen and oxygen atoms in total. The standard InChI is InChI=1S/C22H19NO2/c24-21-13-11-18(10-9-17-6-2-1-3-7-17)16-20(21)22(25)14-12-19-8-4-5-15-23-19/h1-8,11-16,24H,9-10H2. The van der Waals surface area contributed by atoms with Gasteiger partial charge in [-0.05, 0) is 60.4 Å². The second kappa shape index (κ2) is 8.06. The molecule has 25 heavy (non-hydrogen) atoms. The number of benzene rings is 2. The number of hydrogen-bond acceptors (Lipinski definition) is 3. The van der Waals surface area contributed by atoms with E-state index >= 15 is 0 Å². The molecule has 0 bridgehead atoms. The maximum absolute atomic E-state index is 12.4. The number of allylic oxidation sites excluding steroid dienone is 1. The minimum atomic E-state index is -0.232. The van der Waals surface area contributed by atoms with Gasteiger partial charge < -0.3 is 5.11 Å². The maximum Gasteiger partial charge on any atom is 0.189 e. The van der Waals surface area contributed by atoms with Crippen LogP contribution in [0.2, 0.25) is 0 Å². The fourth-order valence-electron chi connectivity index (χ4n) is 2.59.